The van der Waals surface area contributed by atoms with E-state index >= 15 is 0 Å². The molecule has 0 aromatic carbocycles. The van der Waals surface area contributed by atoms with Gasteiger partial charge in [-0.2, -0.15) is 0 Å². The van der Waals surface area contributed by atoms with Gasteiger partial charge < -0.3 is 9.47 Å². The second kappa shape index (κ2) is 13.3. The van der Waals surface area contributed by atoms with Crippen LogP contribution in [0.1, 0.15) is 97.3 Å². The van der Waals surface area contributed by atoms with E-state index in [1.54, 1.807) is 0 Å². The van der Waals surface area contributed by atoms with Crippen molar-refractivity contribution in [2.45, 2.75) is 103 Å². The number of hydrogen-bond donors (Lipinski definition) is 0. The second-order valence-corrected chi connectivity index (χ2v) is 7.06. The Labute approximate surface area is 147 Å². The Morgan fingerprint density at radius 1 is 0.958 bits per heavy atom. The van der Waals surface area contributed by atoms with E-state index in [4.69, 9.17) is 9.47 Å². The second-order valence-electron chi connectivity index (χ2n) is 7.06. The highest BCUT2D eigenvalue weighted by atomic mass is 16.5. The fourth-order valence-electron chi connectivity index (χ4n) is 3.15. The summed E-state index contributed by atoms with van der Waals surface area (Å²) in [6, 6.07) is 0. The van der Waals surface area contributed by atoms with Crippen molar-refractivity contribution in [3.05, 3.63) is 0 Å². The van der Waals surface area contributed by atoms with Gasteiger partial charge in [0.05, 0.1) is 6.61 Å². The van der Waals surface area contributed by atoms with Crippen molar-refractivity contribution in [1.29, 1.82) is 0 Å². The van der Waals surface area contributed by atoms with Crippen molar-refractivity contribution in [2.24, 2.45) is 5.92 Å². The molecule has 4 nitrogen and oxygen atoms in total. The fourth-order valence-corrected chi connectivity index (χ4v) is 3.15. The van der Waals surface area contributed by atoms with E-state index < -0.39 is 0 Å². The van der Waals surface area contributed by atoms with Gasteiger partial charge in [0.2, 0.25) is 0 Å². The van der Waals surface area contributed by atoms with E-state index in [9.17, 15) is 9.59 Å². The van der Waals surface area contributed by atoms with E-state index in [1.165, 1.54) is 32.1 Å². The van der Waals surface area contributed by atoms with Gasteiger partial charge in [-0.3, -0.25) is 9.59 Å². The fraction of sp³-hybridized carbons (Fsp3) is 0.900. The zero-order valence-electron chi connectivity index (χ0n) is 15.7. The summed E-state index contributed by atoms with van der Waals surface area (Å²) < 4.78 is 10.8. The molecule has 1 fully saturated rings. The lowest BCUT2D eigenvalue weighted by Crippen LogP contribution is -2.20. The number of carbonyl (C=O) groups excluding carboxylic acids is 2. The van der Waals surface area contributed by atoms with Crippen LogP contribution >= 0.6 is 0 Å². The highest BCUT2D eigenvalue weighted by Crippen LogP contribution is 2.21. The standard InChI is InChI=1S/C20H36O4/c1-3-5-11-17(4-2)16-23-19(21)14-9-10-15-20(22)24-18-12-7-6-8-13-18/h17-18H,3-16H2,1-2H3. The van der Waals surface area contributed by atoms with Crippen molar-refractivity contribution >= 4 is 11.9 Å². The van der Waals surface area contributed by atoms with Gasteiger partial charge in [0.25, 0.3) is 0 Å². The molecular weight excluding hydrogens is 304 g/mol. The molecule has 0 saturated heterocycles. The maximum atomic E-state index is 11.8. The van der Waals surface area contributed by atoms with Gasteiger partial charge in [0.1, 0.15) is 6.10 Å². The lowest BCUT2D eigenvalue weighted by atomic mass is 9.98. The number of hydrogen-bond acceptors (Lipinski definition) is 4. The molecule has 24 heavy (non-hydrogen) atoms. The van der Waals surface area contributed by atoms with Crippen molar-refractivity contribution in [2.75, 3.05) is 6.61 Å². The summed E-state index contributed by atoms with van der Waals surface area (Å²) in [5.74, 6) is 0.242. The Morgan fingerprint density at radius 3 is 2.25 bits per heavy atom. The normalized spacial score (nSPS) is 16.6. The predicted octanol–water partition coefficient (Wildman–Crippen LogP) is 5.18. The molecule has 0 aromatic heterocycles. The molecule has 0 aliphatic heterocycles. The third-order valence-electron chi connectivity index (χ3n) is 4.89. The first-order valence-electron chi connectivity index (χ1n) is 10.0. The minimum Gasteiger partial charge on any atom is -0.465 e. The van der Waals surface area contributed by atoms with Crippen LogP contribution in [0.5, 0.6) is 0 Å². The number of rotatable bonds is 12. The third-order valence-corrected chi connectivity index (χ3v) is 4.89. The molecular formula is C20H36O4. The summed E-state index contributed by atoms with van der Waals surface area (Å²) in [6.07, 6.45) is 12.5. The first-order valence-corrected chi connectivity index (χ1v) is 10.0. The number of esters is 2. The Morgan fingerprint density at radius 2 is 1.62 bits per heavy atom. The van der Waals surface area contributed by atoms with Gasteiger partial charge in [0.15, 0.2) is 0 Å². The predicted molar refractivity (Wildman–Crippen MR) is 95.7 cm³/mol. The number of unbranched alkanes of at least 4 members (excludes halogenated alkanes) is 2. The SMILES string of the molecule is CCCCC(CC)COC(=O)CCCCC(=O)OC1CCCCC1. The van der Waals surface area contributed by atoms with Crippen molar-refractivity contribution in [1.82, 2.24) is 0 Å². The molecule has 1 aliphatic rings. The molecule has 140 valence electrons. The van der Waals surface area contributed by atoms with E-state index in [1.807, 2.05) is 0 Å². The van der Waals surface area contributed by atoms with Gasteiger partial charge in [-0.15, -0.1) is 0 Å². The van der Waals surface area contributed by atoms with Crippen LogP contribution in [0, 0.1) is 5.92 Å². The lowest BCUT2D eigenvalue weighted by Gasteiger charge is -2.21. The maximum Gasteiger partial charge on any atom is 0.306 e. The summed E-state index contributed by atoms with van der Waals surface area (Å²) in [5.41, 5.74) is 0. The molecule has 1 saturated carbocycles. The molecule has 0 aromatic rings. The van der Waals surface area contributed by atoms with E-state index in [-0.39, 0.29) is 18.0 Å². The summed E-state index contributed by atoms with van der Waals surface area (Å²) in [4.78, 5) is 23.5. The van der Waals surface area contributed by atoms with Crippen LogP contribution < -0.4 is 0 Å². The van der Waals surface area contributed by atoms with E-state index in [0.717, 1.165) is 25.7 Å². The molecule has 4 heteroatoms. The molecule has 0 spiro atoms. The largest absolute Gasteiger partial charge is 0.465 e. The molecule has 1 aliphatic carbocycles. The quantitative estimate of drug-likeness (QED) is 0.363. The minimum absolute atomic E-state index is 0.110. The third kappa shape index (κ3) is 9.94. The average molecular weight is 341 g/mol. The summed E-state index contributed by atoms with van der Waals surface area (Å²) in [5, 5.41) is 0. The molecule has 1 unspecified atom stereocenters. The van der Waals surface area contributed by atoms with Gasteiger partial charge in [-0.25, -0.2) is 0 Å². The molecule has 0 bridgehead atoms. The molecule has 1 rings (SSSR count). The first-order chi connectivity index (χ1) is 11.7. The highest BCUT2D eigenvalue weighted by Gasteiger charge is 2.17. The molecule has 0 heterocycles. The van der Waals surface area contributed by atoms with Gasteiger partial charge in [0, 0.05) is 12.8 Å². The Balaban J connectivity index is 2.02. The monoisotopic (exact) mass is 340 g/mol. The van der Waals surface area contributed by atoms with Crippen LogP contribution in [-0.4, -0.2) is 24.6 Å². The number of ether oxygens (including phenoxy) is 2. The van der Waals surface area contributed by atoms with Crippen molar-refractivity contribution < 1.29 is 19.1 Å². The van der Waals surface area contributed by atoms with Crippen molar-refractivity contribution in [3.8, 4) is 0 Å². The maximum absolute atomic E-state index is 11.8. The van der Waals surface area contributed by atoms with Gasteiger partial charge in [-0.05, 0) is 50.9 Å². The first kappa shape index (κ1) is 21.0. The number of carbonyl (C=O) groups is 2. The van der Waals surface area contributed by atoms with E-state index in [0.29, 0.717) is 38.2 Å². The average Bonchev–Trinajstić information content (AvgIpc) is 2.60. The molecule has 0 amide bonds. The molecule has 1 atom stereocenters. The van der Waals surface area contributed by atoms with Gasteiger partial charge in [-0.1, -0.05) is 39.5 Å². The Kier molecular flexibility index (Phi) is 11.6. The Hall–Kier alpha value is -1.06. The molecule has 0 radical (unpaired) electrons. The van der Waals surface area contributed by atoms with Crippen LogP contribution in [0.3, 0.4) is 0 Å². The van der Waals surface area contributed by atoms with Gasteiger partial charge >= 0.3 is 11.9 Å². The summed E-state index contributed by atoms with van der Waals surface area (Å²) in [7, 11) is 0. The highest BCUT2D eigenvalue weighted by molar-refractivity contribution is 5.70. The van der Waals surface area contributed by atoms with Crippen LogP contribution in [0.25, 0.3) is 0 Å². The van der Waals surface area contributed by atoms with Crippen molar-refractivity contribution in [3.63, 3.8) is 0 Å². The smallest absolute Gasteiger partial charge is 0.306 e. The summed E-state index contributed by atoms with van der Waals surface area (Å²) in [6.45, 7) is 4.86. The summed E-state index contributed by atoms with van der Waals surface area (Å²) >= 11 is 0. The van der Waals surface area contributed by atoms with Crippen LogP contribution in [0.15, 0.2) is 0 Å². The van der Waals surface area contributed by atoms with Crippen LogP contribution in [0.4, 0.5) is 0 Å². The van der Waals surface area contributed by atoms with Crippen LogP contribution in [-0.2, 0) is 19.1 Å². The topological polar surface area (TPSA) is 52.6 Å². The zero-order valence-corrected chi connectivity index (χ0v) is 15.7. The van der Waals surface area contributed by atoms with Crippen LogP contribution in [0.2, 0.25) is 0 Å². The minimum atomic E-state index is -0.134. The van der Waals surface area contributed by atoms with E-state index in [2.05, 4.69) is 13.8 Å². The lowest BCUT2D eigenvalue weighted by molar-refractivity contribution is -0.151. The Bertz CT molecular complexity index is 348. The zero-order chi connectivity index (χ0) is 17.6. The molecule has 0 N–H and O–H groups in total.